The summed E-state index contributed by atoms with van der Waals surface area (Å²) >= 11 is 1.03. The molecule has 0 aliphatic heterocycles. The number of hydrogen-bond acceptors (Lipinski definition) is 5. The maximum atomic E-state index is 12.4. The first-order valence-corrected chi connectivity index (χ1v) is 9.83. The van der Waals surface area contributed by atoms with Crippen molar-refractivity contribution in [3.63, 3.8) is 0 Å². The predicted octanol–water partition coefficient (Wildman–Crippen LogP) is 4.10. The molecule has 1 aromatic heterocycles. The Balaban J connectivity index is 1.93. The molecule has 0 radical (unpaired) electrons. The molecule has 0 bridgehead atoms. The van der Waals surface area contributed by atoms with E-state index in [2.05, 4.69) is 10.2 Å². The quantitative estimate of drug-likeness (QED) is 0.565. The van der Waals surface area contributed by atoms with Crippen molar-refractivity contribution in [3.05, 3.63) is 54.6 Å². The van der Waals surface area contributed by atoms with Crippen LogP contribution in [0.3, 0.4) is 0 Å². The van der Waals surface area contributed by atoms with Gasteiger partial charge >= 0.3 is 6.18 Å². The third kappa shape index (κ3) is 5.32. The molecule has 1 amide bonds. The van der Waals surface area contributed by atoms with Gasteiger partial charge in [-0.1, -0.05) is 42.1 Å². The minimum Gasteiger partial charge on any atom is -0.497 e. The van der Waals surface area contributed by atoms with Crippen molar-refractivity contribution in [2.45, 2.75) is 23.5 Å². The number of carbonyl (C=O) groups excluding carboxylic acids is 1. The van der Waals surface area contributed by atoms with Gasteiger partial charge in [0, 0.05) is 11.3 Å². The zero-order valence-corrected chi connectivity index (χ0v) is 17.0. The molecule has 30 heavy (non-hydrogen) atoms. The van der Waals surface area contributed by atoms with Gasteiger partial charge in [0.05, 0.1) is 12.4 Å². The summed E-state index contributed by atoms with van der Waals surface area (Å²) in [5.74, 6) is 0.428. The first-order chi connectivity index (χ1) is 14.3. The van der Waals surface area contributed by atoms with Crippen molar-refractivity contribution < 1.29 is 22.7 Å². The van der Waals surface area contributed by atoms with Gasteiger partial charge in [0.25, 0.3) is 0 Å². The molecule has 2 aromatic carbocycles. The number of halogens is 3. The lowest BCUT2D eigenvalue weighted by Crippen LogP contribution is -2.38. The number of hydrogen-bond donors (Lipinski definition) is 1. The molecule has 10 heteroatoms. The summed E-state index contributed by atoms with van der Waals surface area (Å²) in [5, 5.41) is 9.92. The van der Waals surface area contributed by atoms with E-state index in [1.54, 1.807) is 23.8 Å². The highest BCUT2D eigenvalue weighted by atomic mass is 32.2. The third-order valence-corrected chi connectivity index (χ3v) is 5.13. The molecule has 3 rings (SSSR count). The van der Waals surface area contributed by atoms with E-state index >= 15 is 0 Å². The molecular weight excluding hydrogens is 417 g/mol. The van der Waals surface area contributed by atoms with E-state index in [1.165, 1.54) is 6.92 Å². The predicted molar refractivity (Wildman–Crippen MR) is 108 cm³/mol. The van der Waals surface area contributed by atoms with E-state index in [0.717, 1.165) is 23.0 Å². The fraction of sp³-hybridized carbons (Fsp3) is 0.250. The smallest absolute Gasteiger partial charge is 0.405 e. The maximum absolute atomic E-state index is 12.4. The zero-order chi connectivity index (χ0) is 21.7. The molecule has 1 atom stereocenters. The number of methoxy groups -OCH3 is 1. The number of thioether (sulfide) groups is 1. The SMILES string of the molecule is COc1cccc(-c2nnc(SC(C)C(=O)NCC(F)(F)F)n2-c2ccccc2)c1. The molecule has 6 nitrogen and oxygen atoms in total. The van der Waals surface area contributed by atoms with Crippen LogP contribution in [0, 0.1) is 0 Å². The Morgan fingerprint density at radius 2 is 1.90 bits per heavy atom. The van der Waals surface area contributed by atoms with Crippen LogP contribution in [0.2, 0.25) is 0 Å². The van der Waals surface area contributed by atoms with E-state index in [0.29, 0.717) is 16.7 Å². The van der Waals surface area contributed by atoms with Crippen LogP contribution in [-0.2, 0) is 4.79 Å². The summed E-state index contributed by atoms with van der Waals surface area (Å²) in [5.41, 5.74) is 1.50. The standard InChI is InChI=1S/C20H19F3N4O2S/c1-13(18(28)24-12-20(21,22)23)30-19-26-25-17(14-7-6-10-16(11-14)29-2)27(19)15-8-4-3-5-9-15/h3-11,13H,12H2,1-2H3,(H,24,28). The number of benzene rings is 2. The maximum Gasteiger partial charge on any atom is 0.405 e. The summed E-state index contributed by atoms with van der Waals surface area (Å²) in [6.07, 6.45) is -4.47. The minimum atomic E-state index is -4.47. The summed E-state index contributed by atoms with van der Waals surface area (Å²) < 4.78 is 44.2. The van der Waals surface area contributed by atoms with Gasteiger partial charge in [0.2, 0.25) is 5.91 Å². The van der Waals surface area contributed by atoms with E-state index in [1.807, 2.05) is 47.8 Å². The molecule has 158 valence electrons. The fourth-order valence-corrected chi connectivity index (χ4v) is 3.54. The van der Waals surface area contributed by atoms with Crippen molar-refractivity contribution >= 4 is 17.7 Å². The second-order valence-electron chi connectivity index (χ2n) is 6.30. The number of aromatic nitrogens is 3. The van der Waals surface area contributed by atoms with Crippen LogP contribution in [0.1, 0.15) is 6.92 Å². The van der Waals surface area contributed by atoms with Crippen LogP contribution in [0.25, 0.3) is 17.1 Å². The number of carbonyl (C=O) groups is 1. The summed E-state index contributed by atoms with van der Waals surface area (Å²) in [6.45, 7) is 0.142. The second kappa shape index (κ2) is 9.21. The van der Waals surface area contributed by atoms with Crippen LogP contribution >= 0.6 is 11.8 Å². The van der Waals surface area contributed by atoms with Crippen molar-refractivity contribution in [2.75, 3.05) is 13.7 Å². The Morgan fingerprint density at radius 3 is 2.57 bits per heavy atom. The number of para-hydroxylation sites is 1. The van der Waals surface area contributed by atoms with E-state index in [9.17, 15) is 18.0 Å². The molecule has 0 aliphatic rings. The van der Waals surface area contributed by atoms with E-state index in [-0.39, 0.29) is 0 Å². The number of nitrogens with one attached hydrogen (secondary N) is 1. The monoisotopic (exact) mass is 436 g/mol. The highest BCUT2D eigenvalue weighted by Crippen LogP contribution is 2.31. The molecular formula is C20H19F3N4O2S. The van der Waals surface area contributed by atoms with Crippen LogP contribution in [0.4, 0.5) is 13.2 Å². The Morgan fingerprint density at radius 1 is 1.17 bits per heavy atom. The lowest BCUT2D eigenvalue weighted by Gasteiger charge is -2.15. The Labute approximate surface area is 175 Å². The lowest BCUT2D eigenvalue weighted by molar-refractivity contribution is -0.137. The number of amides is 1. The fourth-order valence-electron chi connectivity index (χ4n) is 2.65. The van der Waals surface area contributed by atoms with Crippen molar-refractivity contribution in [1.82, 2.24) is 20.1 Å². The van der Waals surface area contributed by atoms with Gasteiger partial charge in [-0.25, -0.2) is 0 Å². The highest BCUT2D eigenvalue weighted by molar-refractivity contribution is 8.00. The number of ether oxygens (including phenoxy) is 1. The first-order valence-electron chi connectivity index (χ1n) is 8.95. The molecule has 0 saturated carbocycles. The molecule has 1 unspecified atom stereocenters. The lowest BCUT2D eigenvalue weighted by atomic mass is 10.2. The van der Waals surface area contributed by atoms with Crippen molar-refractivity contribution in [1.29, 1.82) is 0 Å². The molecule has 1 N–H and O–H groups in total. The first kappa shape index (κ1) is 21.7. The average molecular weight is 436 g/mol. The molecule has 0 aliphatic carbocycles. The minimum absolute atomic E-state index is 0.383. The van der Waals surface area contributed by atoms with Gasteiger partial charge < -0.3 is 10.1 Å². The summed E-state index contributed by atoms with van der Waals surface area (Å²) in [6, 6.07) is 16.5. The van der Waals surface area contributed by atoms with Gasteiger partial charge in [0.15, 0.2) is 11.0 Å². The molecule has 3 aromatic rings. The van der Waals surface area contributed by atoms with Crippen LogP contribution < -0.4 is 10.1 Å². The normalized spacial score (nSPS) is 12.4. The Bertz CT molecular complexity index is 1010. The number of nitrogens with zero attached hydrogens (tertiary/aromatic N) is 3. The zero-order valence-electron chi connectivity index (χ0n) is 16.2. The van der Waals surface area contributed by atoms with Gasteiger partial charge in [-0.15, -0.1) is 10.2 Å². The number of rotatable bonds is 7. The van der Waals surface area contributed by atoms with Crippen LogP contribution in [-0.4, -0.2) is 45.8 Å². The Hall–Kier alpha value is -3.01. The largest absolute Gasteiger partial charge is 0.497 e. The van der Waals surface area contributed by atoms with Gasteiger partial charge in [-0.3, -0.25) is 9.36 Å². The van der Waals surface area contributed by atoms with Crippen LogP contribution in [0.5, 0.6) is 5.75 Å². The van der Waals surface area contributed by atoms with Gasteiger partial charge in [-0.2, -0.15) is 13.2 Å². The van der Waals surface area contributed by atoms with Crippen LogP contribution in [0.15, 0.2) is 59.8 Å². The second-order valence-corrected chi connectivity index (χ2v) is 7.61. The third-order valence-electron chi connectivity index (χ3n) is 4.09. The van der Waals surface area contributed by atoms with E-state index in [4.69, 9.17) is 4.74 Å². The molecule has 0 spiro atoms. The topological polar surface area (TPSA) is 69.0 Å². The summed E-state index contributed by atoms with van der Waals surface area (Å²) in [4.78, 5) is 12.1. The highest BCUT2D eigenvalue weighted by Gasteiger charge is 2.29. The number of alkyl halides is 3. The average Bonchev–Trinajstić information content (AvgIpc) is 3.15. The molecule has 0 saturated heterocycles. The van der Waals surface area contributed by atoms with Crippen molar-refractivity contribution in [3.8, 4) is 22.8 Å². The molecule has 1 heterocycles. The molecule has 0 fully saturated rings. The van der Waals surface area contributed by atoms with Crippen molar-refractivity contribution in [2.24, 2.45) is 0 Å². The van der Waals surface area contributed by atoms with Gasteiger partial charge in [0.1, 0.15) is 12.3 Å². The van der Waals surface area contributed by atoms with Gasteiger partial charge in [-0.05, 0) is 31.2 Å². The van der Waals surface area contributed by atoms with E-state index < -0.39 is 23.9 Å². The Kier molecular flexibility index (Phi) is 6.66. The summed E-state index contributed by atoms with van der Waals surface area (Å²) in [7, 11) is 1.56.